The average Bonchev–Trinajstić information content (AvgIpc) is 2.53. The third kappa shape index (κ3) is 5.57. The van der Waals surface area contributed by atoms with Gasteiger partial charge in [-0.15, -0.1) is 11.8 Å². The van der Waals surface area contributed by atoms with Crippen molar-refractivity contribution in [2.24, 2.45) is 0 Å². The highest BCUT2D eigenvalue weighted by Gasteiger charge is 1.99. The number of anilines is 1. The van der Waals surface area contributed by atoms with Gasteiger partial charge >= 0.3 is 0 Å². The Morgan fingerprint density at radius 3 is 2.73 bits per heavy atom. The molecule has 0 bridgehead atoms. The largest absolute Gasteiger partial charge is 0.362 e. The minimum absolute atomic E-state index is 0.548. The van der Waals surface area contributed by atoms with Crippen LogP contribution in [-0.4, -0.2) is 17.4 Å². The Balaban J connectivity index is 1.71. The fraction of sp³-hybridized carbons (Fsp3) is 0.125. The van der Waals surface area contributed by atoms with E-state index in [9.17, 15) is 0 Å². The molecule has 0 spiro atoms. The van der Waals surface area contributed by atoms with Crippen LogP contribution in [0.25, 0.3) is 0 Å². The van der Waals surface area contributed by atoms with Crippen LogP contribution in [0.1, 0.15) is 5.56 Å². The van der Waals surface area contributed by atoms with Gasteiger partial charge in [-0.1, -0.05) is 17.7 Å². The van der Waals surface area contributed by atoms with Gasteiger partial charge < -0.3 is 10.6 Å². The molecular formula is C16H14ClN3S2. The first-order chi connectivity index (χ1) is 10.7. The van der Waals surface area contributed by atoms with Crippen molar-refractivity contribution in [3.05, 3.63) is 59.1 Å². The number of thioether (sulfide) groups is 1. The van der Waals surface area contributed by atoms with E-state index < -0.39 is 0 Å². The van der Waals surface area contributed by atoms with Crippen molar-refractivity contribution in [1.29, 1.82) is 5.26 Å². The lowest BCUT2D eigenvalue weighted by Crippen LogP contribution is -2.30. The minimum atomic E-state index is 0.548. The SMILES string of the molecule is N#Cc1cccc(NC(=S)NCCSc2ccc(Cl)cc2)c1. The molecule has 2 aromatic carbocycles. The smallest absolute Gasteiger partial charge is 0.170 e. The quantitative estimate of drug-likeness (QED) is 0.480. The summed E-state index contributed by atoms with van der Waals surface area (Å²) in [6.45, 7) is 0.747. The first kappa shape index (κ1) is 16.6. The van der Waals surface area contributed by atoms with Crippen LogP contribution in [0.4, 0.5) is 5.69 Å². The molecule has 0 fully saturated rings. The molecule has 112 valence electrons. The summed E-state index contributed by atoms with van der Waals surface area (Å²) in [5.41, 5.74) is 1.41. The number of rotatable bonds is 5. The van der Waals surface area contributed by atoms with E-state index in [1.54, 1.807) is 23.9 Å². The number of hydrogen-bond donors (Lipinski definition) is 2. The van der Waals surface area contributed by atoms with Crippen molar-refractivity contribution in [3.63, 3.8) is 0 Å². The number of thiocarbonyl (C=S) groups is 1. The van der Waals surface area contributed by atoms with Gasteiger partial charge in [-0.05, 0) is 54.7 Å². The molecule has 2 rings (SSSR count). The lowest BCUT2D eigenvalue weighted by molar-refractivity contribution is 0.990. The maximum atomic E-state index is 8.86. The molecule has 0 unspecified atom stereocenters. The van der Waals surface area contributed by atoms with Crippen LogP contribution < -0.4 is 10.6 Å². The molecule has 0 amide bonds. The number of nitrogens with one attached hydrogen (secondary N) is 2. The van der Waals surface area contributed by atoms with Crippen molar-refractivity contribution in [2.75, 3.05) is 17.6 Å². The molecule has 0 aliphatic carbocycles. The second-order valence-electron chi connectivity index (χ2n) is 4.38. The maximum Gasteiger partial charge on any atom is 0.170 e. The summed E-state index contributed by atoms with van der Waals surface area (Å²) in [5.74, 6) is 0.891. The molecule has 2 aromatic rings. The molecule has 0 saturated heterocycles. The Morgan fingerprint density at radius 1 is 1.23 bits per heavy atom. The molecule has 22 heavy (non-hydrogen) atoms. The number of nitriles is 1. The molecule has 0 aliphatic rings. The monoisotopic (exact) mass is 347 g/mol. The number of hydrogen-bond acceptors (Lipinski definition) is 3. The molecule has 2 N–H and O–H groups in total. The van der Waals surface area contributed by atoms with E-state index >= 15 is 0 Å². The van der Waals surface area contributed by atoms with Gasteiger partial charge in [0.2, 0.25) is 0 Å². The first-order valence-electron chi connectivity index (χ1n) is 6.61. The summed E-state index contributed by atoms with van der Waals surface area (Å²) in [7, 11) is 0. The van der Waals surface area contributed by atoms with Gasteiger partial charge in [0.15, 0.2) is 5.11 Å². The van der Waals surface area contributed by atoms with Crippen LogP contribution >= 0.6 is 35.6 Å². The average molecular weight is 348 g/mol. The fourth-order valence-electron chi connectivity index (χ4n) is 1.71. The van der Waals surface area contributed by atoms with Crippen LogP contribution in [0.3, 0.4) is 0 Å². The van der Waals surface area contributed by atoms with E-state index in [4.69, 9.17) is 29.1 Å². The van der Waals surface area contributed by atoms with E-state index in [2.05, 4.69) is 16.7 Å². The summed E-state index contributed by atoms with van der Waals surface area (Å²) < 4.78 is 0. The molecule has 0 radical (unpaired) electrons. The highest BCUT2D eigenvalue weighted by atomic mass is 35.5. The standard InChI is InChI=1S/C16H14ClN3S2/c17-13-4-6-15(7-5-13)22-9-8-19-16(21)20-14-3-1-2-12(10-14)11-18/h1-7,10H,8-9H2,(H2,19,20,21). The number of halogens is 1. The molecular weight excluding hydrogens is 334 g/mol. The van der Waals surface area contributed by atoms with Gasteiger partial charge in [0.25, 0.3) is 0 Å². The molecule has 0 aliphatic heterocycles. The van der Waals surface area contributed by atoms with E-state index in [0.29, 0.717) is 10.7 Å². The summed E-state index contributed by atoms with van der Waals surface area (Å²) >= 11 is 12.8. The van der Waals surface area contributed by atoms with E-state index in [1.807, 2.05) is 36.4 Å². The van der Waals surface area contributed by atoms with Gasteiger partial charge in [0, 0.05) is 27.9 Å². The summed E-state index contributed by atoms with van der Waals surface area (Å²) in [5, 5.41) is 16.4. The Bertz CT molecular complexity index is 681. The van der Waals surface area contributed by atoms with Gasteiger partial charge in [0.1, 0.15) is 0 Å². The number of nitrogens with zero attached hydrogens (tertiary/aromatic N) is 1. The zero-order chi connectivity index (χ0) is 15.8. The first-order valence-corrected chi connectivity index (χ1v) is 8.38. The maximum absolute atomic E-state index is 8.86. The van der Waals surface area contributed by atoms with Crippen molar-refractivity contribution in [3.8, 4) is 6.07 Å². The zero-order valence-corrected chi connectivity index (χ0v) is 14.1. The van der Waals surface area contributed by atoms with E-state index in [-0.39, 0.29) is 0 Å². The van der Waals surface area contributed by atoms with Crippen LogP contribution in [-0.2, 0) is 0 Å². The zero-order valence-electron chi connectivity index (χ0n) is 11.7. The van der Waals surface area contributed by atoms with Crippen molar-refractivity contribution < 1.29 is 0 Å². The Labute approximate surface area is 144 Å². The van der Waals surface area contributed by atoms with E-state index in [0.717, 1.165) is 23.0 Å². The summed E-state index contributed by atoms with van der Waals surface area (Å²) in [6, 6.07) is 17.1. The van der Waals surface area contributed by atoms with Crippen LogP contribution in [0.15, 0.2) is 53.4 Å². The molecule has 3 nitrogen and oxygen atoms in total. The van der Waals surface area contributed by atoms with Crippen molar-refractivity contribution in [1.82, 2.24) is 5.32 Å². The normalized spacial score (nSPS) is 9.82. The highest BCUT2D eigenvalue weighted by Crippen LogP contribution is 2.19. The highest BCUT2D eigenvalue weighted by molar-refractivity contribution is 7.99. The van der Waals surface area contributed by atoms with Crippen LogP contribution in [0.5, 0.6) is 0 Å². The Hall–Kier alpha value is -1.74. The molecule has 6 heteroatoms. The molecule has 0 aromatic heterocycles. The van der Waals surface area contributed by atoms with Crippen molar-refractivity contribution in [2.45, 2.75) is 4.90 Å². The third-order valence-electron chi connectivity index (χ3n) is 2.72. The summed E-state index contributed by atoms with van der Waals surface area (Å²) in [6.07, 6.45) is 0. The van der Waals surface area contributed by atoms with Gasteiger partial charge in [0.05, 0.1) is 11.6 Å². The van der Waals surface area contributed by atoms with Gasteiger partial charge in [-0.3, -0.25) is 0 Å². The lowest BCUT2D eigenvalue weighted by atomic mass is 10.2. The van der Waals surface area contributed by atoms with Crippen LogP contribution in [0, 0.1) is 11.3 Å². The predicted molar refractivity (Wildman–Crippen MR) is 97.6 cm³/mol. The molecule has 0 saturated carbocycles. The summed E-state index contributed by atoms with van der Waals surface area (Å²) in [4.78, 5) is 1.17. The number of benzene rings is 2. The lowest BCUT2D eigenvalue weighted by Gasteiger charge is -2.10. The van der Waals surface area contributed by atoms with Crippen molar-refractivity contribution >= 4 is 46.4 Å². The van der Waals surface area contributed by atoms with Gasteiger partial charge in [-0.2, -0.15) is 5.26 Å². The predicted octanol–water partition coefficient (Wildman–Crippen LogP) is 4.29. The third-order valence-corrected chi connectivity index (χ3v) is 4.23. The molecule has 0 atom stereocenters. The Kier molecular flexibility index (Phi) is 6.53. The molecule has 0 heterocycles. The fourth-order valence-corrected chi connectivity index (χ4v) is 2.82. The second-order valence-corrected chi connectivity index (χ2v) is 6.39. The Morgan fingerprint density at radius 2 is 2.00 bits per heavy atom. The van der Waals surface area contributed by atoms with Gasteiger partial charge in [-0.25, -0.2) is 0 Å². The van der Waals surface area contributed by atoms with Crippen LogP contribution in [0.2, 0.25) is 5.02 Å². The topological polar surface area (TPSA) is 47.9 Å². The minimum Gasteiger partial charge on any atom is -0.362 e. The van der Waals surface area contributed by atoms with E-state index in [1.165, 1.54) is 4.90 Å². The second kappa shape index (κ2) is 8.64.